The molecule has 0 bridgehead atoms. The first kappa shape index (κ1) is 11.7. The zero-order chi connectivity index (χ0) is 11.5. The van der Waals surface area contributed by atoms with Crippen molar-refractivity contribution in [3.63, 3.8) is 0 Å². The highest BCUT2D eigenvalue weighted by Crippen LogP contribution is 2.26. The molecule has 16 heavy (non-hydrogen) atoms. The first-order valence-electron chi connectivity index (χ1n) is 5.12. The molecule has 0 saturated heterocycles. The van der Waals surface area contributed by atoms with Gasteiger partial charge in [-0.2, -0.15) is 0 Å². The molecule has 0 fully saturated rings. The topological polar surface area (TPSA) is 37.9 Å². The summed E-state index contributed by atoms with van der Waals surface area (Å²) in [5.41, 5.74) is 1.69. The van der Waals surface area contributed by atoms with Gasteiger partial charge < -0.3 is 9.72 Å². The van der Waals surface area contributed by atoms with E-state index in [2.05, 4.69) is 16.9 Å². The summed E-state index contributed by atoms with van der Waals surface area (Å²) in [6.45, 7) is 3.29. The largest absolute Gasteiger partial charge is 0.374 e. The molecule has 0 aliphatic carbocycles. The number of ether oxygens (including phenoxy) is 1. The lowest BCUT2D eigenvalue weighted by molar-refractivity contribution is 0.117. The number of hydrogen-bond acceptors (Lipinski definition) is 2. The minimum atomic E-state index is 0.484. The van der Waals surface area contributed by atoms with Crippen molar-refractivity contribution in [1.29, 1.82) is 0 Å². The number of fused-ring (bicyclic) bond motifs is 1. The van der Waals surface area contributed by atoms with E-state index in [0.29, 0.717) is 16.7 Å². The molecule has 1 aromatic heterocycles. The Bertz CT molecular complexity index is 457. The third-order valence-corrected chi connectivity index (χ3v) is 2.88. The summed E-state index contributed by atoms with van der Waals surface area (Å²) in [4.78, 5) is 7.51. The van der Waals surface area contributed by atoms with E-state index in [1.165, 1.54) is 0 Å². The maximum Gasteiger partial charge on any atom is 0.133 e. The molecule has 0 saturated carbocycles. The van der Waals surface area contributed by atoms with Crippen molar-refractivity contribution in [2.45, 2.75) is 20.0 Å². The van der Waals surface area contributed by atoms with Crippen LogP contribution in [-0.4, -0.2) is 16.6 Å². The molecule has 0 unspecified atom stereocenters. The maximum atomic E-state index is 5.91. The lowest BCUT2D eigenvalue weighted by atomic mass is 10.3. The standard InChI is InChI=1S/C11H12Cl2N2O/c1-2-3-16-6-11-14-9-4-7(12)8(13)5-10(9)15-11/h4-5H,2-3,6H2,1H3,(H,14,15). The number of hydrogen-bond donors (Lipinski definition) is 1. The minimum absolute atomic E-state index is 0.484. The zero-order valence-corrected chi connectivity index (χ0v) is 10.4. The van der Waals surface area contributed by atoms with Crippen molar-refractivity contribution >= 4 is 34.2 Å². The SMILES string of the molecule is CCCOCc1nc2cc(Cl)c(Cl)cc2[nH]1. The van der Waals surface area contributed by atoms with Gasteiger partial charge in [0.15, 0.2) is 0 Å². The third-order valence-electron chi connectivity index (χ3n) is 2.16. The van der Waals surface area contributed by atoms with Crippen LogP contribution >= 0.6 is 23.2 Å². The van der Waals surface area contributed by atoms with Crippen molar-refractivity contribution < 1.29 is 4.74 Å². The van der Waals surface area contributed by atoms with Crippen LogP contribution in [0, 0.1) is 0 Å². The molecular formula is C11H12Cl2N2O. The van der Waals surface area contributed by atoms with Crippen molar-refractivity contribution in [2.24, 2.45) is 0 Å². The number of benzene rings is 1. The molecule has 5 heteroatoms. The van der Waals surface area contributed by atoms with Crippen LogP contribution in [0.3, 0.4) is 0 Å². The van der Waals surface area contributed by atoms with Crippen LogP contribution < -0.4 is 0 Å². The van der Waals surface area contributed by atoms with Crippen LogP contribution in [0.4, 0.5) is 0 Å². The Kier molecular flexibility index (Phi) is 3.69. The van der Waals surface area contributed by atoms with Gasteiger partial charge in [0.2, 0.25) is 0 Å². The van der Waals surface area contributed by atoms with Crippen LogP contribution in [0.5, 0.6) is 0 Å². The van der Waals surface area contributed by atoms with E-state index in [1.54, 1.807) is 12.1 Å². The monoisotopic (exact) mass is 258 g/mol. The summed E-state index contributed by atoms with van der Waals surface area (Å²) < 4.78 is 5.40. The summed E-state index contributed by atoms with van der Waals surface area (Å²) in [5.74, 6) is 0.793. The Hall–Kier alpha value is -0.770. The van der Waals surface area contributed by atoms with Crippen LogP contribution in [0.1, 0.15) is 19.2 Å². The molecule has 0 radical (unpaired) electrons. The normalized spacial score (nSPS) is 11.2. The molecule has 2 aromatic rings. The first-order chi connectivity index (χ1) is 7.70. The summed E-state index contributed by atoms with van der Waals surface area (Å²) in [5, 5.41) is 1.04. The van der Waals surface area contributed by atoms with Crippen LogP contribution in [-0.2, 0) is 11.3 Å². The highest BCUT2D eigenvalue weighted by Gasteiger charge is 2.06. The fourth-order valence-electron chi connectivity index (χ4n) is 1.44. The van der Waals surface area contributed by atoms with E-state index in [-0.39, 0.29) is 0 Å². The van der Waals surface area contributed by atoms with Gasteiger partial charge >= 0.3 is 0 Å². The number of imidazole rings is 1. The molecule has 0 aliphatic heterocycles. The molecule has 3 nitrogen and oxygen atoms in total. The molecule has 1 N–H and O–H groups in total. The number of rotatable bonds is 4. The summed E-state index contributed by atoms with van der Waals surface area (Å²) >= 11 is 11.8. The van der Waals surface area contributed by atoms with E-state index in [4.69, 9.17) is 27.9 Å². The smallest absolute Gasteiger partial charge is 0.133 e. The number of halogens is 2. The molecule has 0 spiro atoms. The van der Waals surface area contributed by atoms with Crippen LogP contribution in [0.25, 0.3) is 11.0 Å². The Morgan fingerprint density at radius 2 is 2.06 bits per heavy atom. The molecule has 0 aliphatic rings. The second-order valence-electron chi connectivity index (χ2n) is 3.52. The lowest BCUT2D eigenvalue weighted by Crippen LogP contribution is -1.95. The van der Waals surface area contributed by atoms with Gasteiger partial charge in [-0.25, -0.2) is 4.98 Å². The van der Waals surface area contributed by atoms with E-state index in [1.807, 2.05) is 0 Å². The minimum Gasteiger partial charge on any atom is -0.374 e. The van der Waals surface area contributed by atoms with Gasteiger partial charge in [-0.1, -0.05) is 30.1 Å². The van der Waals surface area contributed by atoms with Gasteiger partial charge in [0.1, 0.15) is 12.4 Å². The Morgan fingerprint density at radius 3 is 2.81 bits per heavy atom. The Labute approximate surface area is 104 Å². The van der Waals surface area contributed by atoms with E-state index < -0.39 is 0 Å². The predicted molar refractivity (Wildman–Crippen MR) is 66.1 cm³/mol. The van der Waals surface area contributed by atoms with Crippen molar-refractivity contribution in [3.05, 3.63) is 28.0 Å². The highest BCUT2D eigenvalue weighted by molar-refractivity contribution is 6.42. The molecule has 86 valence electrons. The van der Waals surface area contributed by atoms with Gasteiger partial charge in [0, 0.05) is 6.61 Å². The molecular weight excluding hydrogens is 247 g/mol. The van der Waals surface area contributed by atoms with Crippen LogP contribution in [0.15, 0.2) is 12.1 Å². The third kappa shape index (κ3) is 2.48. The number of aromatic amines is 1. The van der Waals surface area contributed by atoms with E-state index in [0.717, 1.165) is 29.9 Å². The van der Waals surface area contributed by atoms with Crippen molar-refractivity contribution in [2.75, 3.05) is 6.61 Å². The summed E-state index contributed by atoms with van der Waals surface area (Å²) in [6.07, 6.45) is 0.998. The fraction of sp³-hybridized carbons (Fsp3) is 0.364. The second kappa shape index (κ2) is 5.04. The second-order valence-corrected chi connectivity index (χ2v) is 4.33. The summed E-state index contributed by atoms with van der Waals surface area (Å²) in [6, 6.07) is 3.52. The van der Waals surface area contributed by atoms with Gasteiger partial charge in [0.05, 0.1) is 21.1 Å². The van der Waals surface area contributed by atoms with E-state index in [9.17, 15) is 0 Å². The predicted octanol–water partition coefficient (Wildman–Crippen LogP) is 3.80. The fourth-order valence-corrected chi connectivity index (χ4v) is 1.76. The van der Waals surface area contributed by atoms with E-state index >= 15 is 0 Å². The van der Waals surface area contributed by atoms with Crippen molar-refractivity contribution in [1.82, 2.24) is 9.97 Å². The van der Waals surface area contributed by atoms with Gasteiger partial charge in [0.25, 0.3) is 0 Å². The summed E-state index contributed by atoms with van der Waals surface area (Å²) in [7, 11) is 0. The van der Waals surface area contributed by atoms with Crippen molar-refractivity contribution in [3.8, 4) is 0 Å². The van der Waals surface area contributed by atoms with Gasteiger partial charge in [-0.05, 0) is 18.6 Å². The van der Waals surface area contributed by atoms with Gasteiger partial charge in [-0.15, -0.1) is 0 Å². The molecule has 1 aromatic carbocycles. The molecule has 0 atom stereocenters. The first-order valence-corrected chi connectivity index (χ1v) is 5.87. The zero-order valence-electron chi connectivity index (χ0n) is 8.89. The molecule has 1 heterocycles. The van der Waals surface area contributed by atoms with Gasteiger partial charge in [-0.3, -0.25) is 0 Å². The molecule has 0 amide bonds. The Morgan fingerprint density at radius 1 is 1.31 bits per heavy atom. The number of nitrogens with zero attached hydrogens (tertiary/aromatic N) is 1. The number of H-pyrrole nitrogens is 1. The average molecular weight is 259 g/mol. The number of aromatic nitrogens is 2. The lowest BCUT2D eigenvalue weighted by Gasteiger charge is -1.97. The Balaban J connectivity index is 2.23. The van der Waals surface area contributed by atoms with Crippen LogP contribution in [0.2, 0.25) is 10.0 Å². The maximum absolute atomic E-state index is 5.91. The average Bonchev–Trinajstić information content (AvgIpc) is 2.61. The highest BCUT2D eigenvalue weighted by atomic mass is 35.5. The molecule has 2 rings (SSSR count). The number of nitrogens with one attached hydrogen (secondary N) is 1. The quantitative estimate of drug-likeness (QED) is 0.848.